The van der Waals surface area contributed by atoms with Gasteiger partial charge in [0, 0.05) is 23.2 Å². The fraction of sp³-hybridized carbons (Fsp3) is 0.471. The van der Waals surface area contributed by atoms with E-state index in [9.17, 15) is 0 Å². The van der Waals surface area contributed by atoms with Crippen molar-refractivity contribution in [3.63, 3.8) is 0 Å². The van der Waals surface area contributed by atoms with E-state index in [1.807, 2.05) is 18.2 Å². The zero-order valence-corrected chi connectivity index (χ0v) is 14.6. The molecule has 0 saturated heterocycles. The van der Waals surface area contributed by atoms with Gasteiger partial charge >= 0.3 is 0 Å². The summed E-state index contributed by atoms with van der Waals surface area (Å²) in [6.45, 7) is 7.85. The van der Waals surface area contributed by atoms with Gasteiger partial charge in [-0.15, -0.1) is 10.2 Å². The molecule has 1 aromatic carbocycles. The summed E-state index contributed by atoms with van der Waals surface area (Å²) in [6.07, 6.45) is 2.40. The molecule has 1 N–H and O–H groups in total. The Morgan fingerprint density at radius 2 is 1.83 bits per heavy atom. The highest BCUT2D eigenvalue weighted by Gasteiger charge is 2.09. The Labute approximate surface area is 140 Å². The second-order valence-electron chi connectivity index (χ2n) is 5.65. The predicted octanol–water partition coefficient (Wildman–Crippen LogP) is 3.72. The molecule has 0 aliphatic rings. The Bertz CT molecular complexity index is 764. The molecule has 0 amide bonds. The number of H-pyrrole nitrogens is 1. The maximum absolute atomic E-state index is 4.69. The van der Waals surface area contributed by atoms with Gasteiger partial charge < -0.3 is 9.88 Å². The van der Waals surface area contributed by atoms with Crippen LogP contribution in [0.4, 0.5) is 0 Å². The van der Waals surface area contributed by atoms with Crippen molar-refractivity contribution in [3.05, 3.63) is 24.3 Å². The first-order valence-electron chi connectivity index (χ1n) is 8.28. The molecule has 0 atom stereocenters. The van der Waals surface area contributed by atoms with Crippen molar-refractivity contribution >= 4 is 33.8 Å². The number of rotatable bonds is 8. The van der Waals surface area contributed by atoms with E-state index in [4.69, 9.17) is 4.98 Å². The quantitative estimate of drug-likeness (QED) is 0.638. The van der Waals surface area contributed by atoms with Crippen LogP contribution in [-0.2, 0) is 0 Å². The summed E-state index contributed by atoms with van der Waals surface area (Å²) in [6, 6.07) is 8.15. The van der Waals surface area contributed by atoms with Gasteiger partial charge in [0.15, 0.2) is 5.65 Å². The largest absolute Gasteiger partial charge is 0.336 e. The minimum atomic E-state index is 0.758. The lowest BCUT2D eigenvalue weighted by Crippen LogP contribution is -2.27. The molecule has 0 unspecified atom stereocenters. The van der Waals surface area contributed by atoms with Gasteiger partial charge in [0.1, 0.15) is 5.52 Å². The lowest BCUT2D eigenvalue weighted by Gasteiger charge is -2.20. The highest BCUT2D eigenvalue weighted by Crippen LogP contribution is 2.23. The van der Waals surface area contributed by atoms with Crippen LogP contribution in [0.15, 0.2) is 29.4 Å². The van der Waals surface area contributed by atoms with Gasteiger partial charge in [0.05, 0.1) is 0 Å². The Morgan fingerprint density at radius 1 is 1.04 bits per heavy atom. The minimum Gasteiger partial charge on any atom is -0.336 e. The van der Waals surface area contributed by atoms with E-state index >= 15 is 0 Å². The van der Waals surface area contributed by atoms with Crippen LogP contribution in [0, 0.1) is 0 Å². The van der Waals surface area contributed by atoms with Gasteiger partial charge in [0.2, 0.25) is 5.16 Å². The SMILES string of the molecule is CCCN(CCC)CCSc1nnc2[nH]c3ccccc3c2n1. The highest BCUT2D eigenvalue weighted by molar-refractivity contribution is 7.99. The number of thioether (sulfide) groups is 1. The standard InChI is InChI=1S/C17H23N5S/c1-3-9-22(10-4-2)11-12-23-17-19-15-13-7-5-6-8-14(13)18-16(15)20-21-17/h5-8H,3-4,9-12H2,1-2H3,(H,18,20). The third-order valence-electron chi connectivity index (χ3n) is 3.82. The van der Waals surface area contributed by atoms with Gasteiger partial charge in [0.25, 0.3) is 0 Å². The lowest BCUT2D eigenvalue weighted by molar-refractivity contribution is 0.292. The van der Waals surface area contributed by atoms with Crippen LogP contribution in [0.1, 0.15) is 26.7 Å². The summed E-state index contributed by atoms with van der Waals surface area (Å²) < 4.78 is 0. The lowest BCUT2D eigenvalue weighted by atomic mass is 10.2. The molecule has 0 spiro atoms. The number of aromatic nitrogens is 4. The Balaban J connectivity index is 1.69. The molecule has 0 saturated carbocycles. The van der Waals surface area contributed by atoms with Gasteiger partial charge in [-0.25, -0.2) is 4.98 Å². The summed E-state index contributed by atoms with van der Waals surface area (Å²) >= 11 is 1.69. The molecule has 0 aliphatic heterocycles. The minimum absolute atomic E-state index is 0.758. The molecule has 3 aromatic rings. The topological polar surface area (TPSA) is 57.7 Å². The van der Waals surface area contributed by atoms with E-state index in [1.165, 1.54) is 12.8 Å². The zero-order valence-electron chi connectivity index (χ0n) is 13.7. The van der Waals surface area contributed by atoms with Crippen molar-refractivity contribution in [3.8, 4) is 0 Å². The van der Waals surface area contributed by atoms with E-state index < -0.39 is 0 Å². The number of hydrogen-bond acceptors (Lipinski definition) is 5. The van der Waals surface area contributed by atoms with Crippen molar-refractivity contribution < 1.29 is 0 Å². The molecule has 0 aliphatic carbocycles. The van der Waals surface area contributed by atoms with E-state index in [0.717, 1.165) is 52.6 Å². The Morgan fingerprint density at radius 3 is 2.61 bits per heavy atom. The number of aromatic amines is 1. The van der Waals surface area contributed by atoms with Crippen LogP contribution >= 0.6 is 11.8 Å². The molecule has 0 bridgehead atoms. The smallest absolute Gasteiger partial charge is 0.209 e. The fourth-order valence-corrected chi connectivity index (χ4v) is 3.59. The Kier molecular flexibility index (Phi) is 5.46. The number of nitrogens with zero attached hydrogens (tertiary/aromatic N) is 4. The van der Waals surface area contributed by atoms with Crippen molar-refractivity contribution in [1.82, 2.24) is 25.1 Å². The van der Waals surface area contributed by atoms with Gasteiger partial charge in [-0.05, 0) is 32.0 Å². The van der Waals surface area contributed by atoms with Crippen LogP contribution in [0.25, 0.3) is 22.1 Å². The van der Waals surface area contributed by atoms with Crippen LogP contribution < -0.4 is 0 Å². The average molecular weight is 329 g/mol. The van der Waals surface area contributed by atoms with Crippen molar-refractivity contribution in [2.75, 3.05) is 25.4 Å². The van der Waals surface area contributed by atoms with Crippen LogP contribution in [-0.4, -0.2) is 50.5 Å². The first kappa shape index (κ1) is 16.2. The highest BCUT2D eigenvalue weighted by atomic mass is 32.2. The molecule has 0 radical (unpaired) electrons. The summed E-state index contributed by atoms with van der Waals surface area (Å²) in [7, 11) is 0. The average Bonchev–Trinajstić information content (AvgIpc) is 2.93. The first-order chi connectivity index (χ1) is 11.3. The van der Waals surface area contributed by atoms with E-state index in [-0.39, 0.29) is 0 Å². The predicted molar refractivity (Wildman–Crippen MR) is 96.9 cm³/mol. The molecular weight excluding hydrogens is 306 g/mol. The summed E-state index contributed by atoms with van der Waals surface area (Å²) in [5.74, 6) is 0.996. The maximum atomic E-state index is 4.69. The molecule has 6 heteroatoms. The van der Waals surface area contributed by atoms with E-state index in [2.05, 4.69) is 40.0 Å². The normalized spacial score (nSPS) is 11.8. The molecule has 3 rings (SSSR count). The van der Waals surface area contributed by atoms with Gasteiger partial charge in [-0.3, -0.25) is 0 Å². The second kappa shape index (κ2) is 7.75. The van der Waals surface area contributed by atoms with Gasteiger partial charge in [-0.1, -0.05) is 43.8 Å². The molecule has 23 heavy (non-hydrogen) atoms. The van der Waals surface area contributed by atoms with Crippen LogP contribution in [0.2, 0.25) is 0 Å². The first-order valence-corrected chi connectivity index (χ1v) is 9.26. The number of para-hydroxylation sites is 1. The molecule has 5 nitrogen and oxygen atoms in total. The summed E-state index contributed by atoms with van der Waals surface area (Å²) in [4.78, 5) is 10.5. The maximum Gasteiger partial charge on any atom is 0.209 e. The summed E-state index contributed by atoms with van der Waals surface area (Å²) in [5.41, 5.74) is 2.73. The monoisotopic (exact) mass is 329 g/mol. The second-order valence-corrected chi connectivity index (χ2v) is 6.71. The number of hydrogen-bond donors (Lipinski definition) is 1. The third-order valence-corrected chi connectivity index (χ3v) is 4.64. The summed E-state index contributed by atoms with van der Waals surface area (Å²) in [5, 5.41) is 10.4. The fourth-order valence-electron chi connectivity index (χ4n) is 2.80. The number of nitrogens with one attached hydrogen (secondary N) is 1. The third kappa shape index (κ3) is 3.82. The Hall–Kier alpha value is -1.66. The van der Waals surface area contributed by atoms with Crippen LogP contribution in [0.5, 0.6) is 0 Å². The molecule has 0 fully saturated rings. The molecule has 2 heterocycles. The molecule has 122 valence electrons. The van der Waals surface area contributed by atoms with Crippen molar-refractivity contribution in [2.24, 2.45) is 0 Å². The molecule has 2 aromatic heterocycles. The van der Waals surface area contributed by atoms with Crippen LogP contribution in [0.3, 0.4) is 0 Å². The number of benzene rings is 1. The number of fused-ring (bicyclic) bond motifs is 3. The van der Waals surface area contributed by atoms with Crippen molar-refractivity contribution in [2.45, 2.75) is 31.8 Å². The van der Waals surface area contributed by atoms with E-state index in [0.29, 0.717) is 0 Å². The molecular formula is C17H23N5S. The van der Waals surface area contributed by atoms with Crippen molar-refractivity contribution in [1.29, 1.82) is 0 Å². The van der Waals surface area contributed by atoms with Gasteiger partial charge in [-0.2, -0.15) is 0 Å². The zero-order chi connectivity index (χ0) is 16.1. The van der Waals surface area contributed by atoms with E-state index in [1.54, 1.807) is 11.8 Å².